The highest BCUT2D eigenvalue weighted by molar-refractivity contribution is 5.78. The zero-order chi connectivity index (χ0) is 17.6. The smallest absolute Gasteiger partial charge is 0.236 e. The monoisotopic (exact) mass is 344 g/mol. The molecule has 2 unspecified atom stereocenters. The van der Waals surface area contributed by atoms with E-state index < -0.39 is 0 Å². The number of likely N-dealkylation sites (N-methyl/N-ethyl adjacent to an activating group) is 1. The number of piperidine rings is 1. The van der Waals surface area contributed by atoms with Gasteiger partial charge in [-0.25, -0.2) is 0 Å². The first-order chi connectivity index (χ1) is 12.1. The van der Waals surface area contributed by atoms with Crippen LogP contribution in [0, 0.1) is 11.8 Å². The standard InChI is InChI=1S/C21H32N2O2/c1-22(15-19-8-5-9-20(19)24)16-21(25)23-12-10-18(11-13-23)14-17-6-3-2-4-7-17/h2-4,6-7,18-20,24H,5,8-16H2,1H3. The zero-order valence-corrected chi connectivity index (χ0v) is 15.4. The third-order valence-electron chi connectivity index (χ3n) is 5.90. The second kappa shape index (κ2) is 8.81. The second-order valence-corrected chi connectivity index (χ2v) is 7.97. The Morgan fingerprint density at radius 2 is 1.88 bits per heavy atom. The molecule has 0 spiro atoms. The Morgan fingerprint density at radius 3 is 2.52 bits per heavy atom. The Morgan fingerprint density at radius 1 is 1.16 bits per heavy atom. The number of likely N-dealkylation sites (tertiary alicyclic amines) is 1. The van der Waals surface area contributed by atoms with Crippen molar-refractivity contribution in [3.63, 3.8) is 0 Å². The average Bonchev–Trinajstić information content (AvgIpc) is 3.01. The summed E-state index contributed by atoms with van der Waals surface area (Å²) >= 11 is 0. The van der Waals surface area contributed by atoms with Crippen molar-refractivity contribution in [2.45, 2.75) is 44.6 Å². The lowest BCUT2D eigenvalue weighted by molar-refractivity contribution is -0.133. The quantitative estimate of drug-likeness (QED) is 0.862. The predicted octanol–water partition coefficient (Wildman–Crippen LogP) is 2.56. The Bertz CT molecular complexity index is 540. The molecule has 1 saturated carbocycles. The Labute approximate surface area is 151 Å². The molecule has 1 amide bonds. The minimum absolute atomic E-state index is 0.175. The van der Waals surface area contributed by atoms with E-state index in [4.69, 9.17) is 0 Å². The fourth-order valence-electron chi connectivity index (χ4n) is 4.36. The van der Waals surface area contributed by atoms with Gasteiger partial charge in [0.25, 0.3) is 0 Å². The summed E-state index contributed by atoms with van der Waals surface area (Å²) in [5.74, 6) is 1.28. The van der Waals surface area contributed by atoms with E-state index in [0.717, 1.165) is 58.2 Å². The van der Waals surface area contributed by atoms with Crippen LogP contribution in [0.5, 0.6) is 0 Å². The van der Waals surface area contributed by atoms with Gasteiger partial charge in [-0.3, -0.25) is 9.69 Å². The number of benzene rings is 1. The fraction of sp³-hybridized carbons (Fsp3) is 0.667. The van der Waals surface area contributed by atoms with Gasteiger partial charge in [-0.05, 0) is 56.6 Å². The predicted molar refractivity (Wildman–Crippen MR) is 100 cm³/mol. The summed E-state index contributed by atoms with van der Waals surface area (Å²) in [4.78, 5) is 16.7. The lowest BCUT2D eigenvalue weighted by Gasteiger charge is -2.33. The number of hydrogen-bond acceptors (Lipinski definition) is 3. The number of amides is 1. The molecule has 2 aliphatic rings. The van der Waals surface area contributed by atoms with Crippen LogP contribution in [0.15, 0.2) is 30.3 Å². The van der Waals surface area contributed by atoms with E-state index >= 15 is 0 Å². The van der Waals surface area contributed by atoms with Crippen molar-refractivity contribution in [2.75, 3.05) is 33.2 Å². The van der Waals surface area contributed by atoms with Crippen LogP contribution in [0.25, 0.3) is 0 Å². The SMILES string of the molecule is CN(CC(=O)N1CCC(Cc2ccccc2)CC1)CC1CCCC1O. The summed E-state index contributed by atoms with van der Waals surface area (Å²) in [6.07, 6.45) is 6.28. The van der Waals surface area contributed by atoms with Gasteiger partial charge in [-0.1, -0.05) is 36.8 Å². The Kier molecular flexibility index (Phi) is 6.49. The number of hydrogen-bond donors (Lipinski definition) is 1. The van der Waals surface area contributed by atoms with E-state index in [1.165, 1.54) is 5.56 Å². The van der Waals surface area contributed by atoms with Gasteiger partial charge in [0.05, 0.1) is 12.6 Å². The van der Waals surface area contributed by atoms with Crippen LogP contribution in [0.3, 0.4) is 0 Å². The largest absolute Gasteiger partial charge is 0.393 e. The van der Waals surface area contributed by atoms with Crippen LogP contribution in [-0.2, 0) is 11.2 Å². The topological polar surface area (TPSA) is 43.8 Å². The van der Waals surface area contributed by atoms with Gasteiger partial charge < -0.3 is 10.0 Å². The molecule has 1 saturated heterocycles. The van der Waals surface area contributed by atoms with Crippen molar-refractivity contribution in [1.29, 1.82) is 0 Å². The molecule has 0 bridgehead atoms. The van der Waals surface area contributed by atoms with Crippen molar-refractivity contribution < 1.29 is 9.90 Å². The van der Waals surface area contributed by atoms with Crippen molar-refractivity contribution in [1.82, 2.24) is 9.80 Å². The first-order valence-electron chi connectivity index (χ1n) is 9.80. The lowest BCUT2D eigenvalue weighted by atomic mass is 9.90. The Hall–Kier alpha value is -1.39. The maximum absolute atomic E-state index is 12.6. The van der Waals surface area contributed by atoms with E-state index in [0.29, 0.717) is 18.4 Å². The molecule has 1 aromatic carbocycles. The van der Waals surface area contributed by atoms with E-state index in [9.17, 15) is 9.90 Å². The molecule has 4 nitrogen and oxygen atoms in total. The van der Waals surface area contributed by atoms with Gasteiger partial charge in [0.2, 0.25) is 5.91 Å². The molecule has 2 atom stereocenters. The van der Waals surface area contributed by atoms with Crippen LogP contribution >= 0.6 is 0 Å². The maximum atomic E-state index is 12.6. The Balaban J connectivity index is 1.39. The van der Waals surface area contributed by atoms with Gasteiger partial charge >= 0.3 is 0 Å². The first kappa shape index (κ1) is 18.4. The molecule has 2 fully saturated rings. The van der Waals surface area contributed by atoms with Crippen LogP contribution in [0.2, 0.25) is 0 Å². The van der Waals surface area contributed by atoms with E-state index in [2.05, 4.69) is 35.2 Å². The molecule has 0 radical (unpaired) electrons. The molecular formula is C21H32N2O2. The summed E-state index contributed by atoms with van der Waals surface area (Å²) < 4.78 is 0. The third kappa shape index (κ3) is 5.29. The van der Waals surface area contributed by atoms with E-state index in [1.807, 2.05) is 11.9 Å². The van der Waals surface area contributed by atoms with Crippen LogP contribution in [-0.4, -0.2) is 60.1 Å². The molecular weight excluding hydrogens is 312 g/mol. The van der Waals surface area contributed by atoms with Crippen LogP contribution < -0.4 is 0 Å². The number of carbonyl (C=O) groups is 1. The van der Waals surface area contributed by atoms with Crippen molar-refractivity contribution in [2.24, 2.45) is 11.8 Å². The van der Waals surface area contributed by atoms with E-state index in [1.54, 1.807) is 0 Å². The highest BCUT2D eigenvalue weighted by atomic mass is 16.3. The number of rotatable bonds is 6. The third-order valence-corrected chi connectivity index (χ3v) is 5.90. The first-order valence-corrected chi connectivity index (χ1v) is 9.80. The highest BCUT2D eigenvalue weighted by Gasteiger charge is 2.28. The van der Waals surface area contributed by atoms with Gasteiger partial charge in [-0.15, -0.1) is 0 Å². The second-order valence-electron chi connectivity index (χ2n) is 7.97. The van der Waals surface area contributed by atoms with Crippen molar-refractivity contribution >= 4 is 5.91 Å². The van der Waals surface area contributed by atoms with E-state index in [-0.39, 0.29) is 12.0 Å². The molecule has 4 heteroatoms. The molecule has 1 aliphatic carbocycles. The van der Waals surface area contributed by atoms with Gasteiger partial charge in [0, 0.05) is 19.6 Å². The van der Waals surface area contributed by atoms with Crippen molar-refractivity contribution in [3.05, 3.63) is 35.9 Å². The minimum Gasteiger partial charge on any atom is -0.393 e. The molecule has 138 valence electrons. The van der Waals surface area contributed by atoms with Gasteiger partial charge in [-0.2, -0.15) is 0 Å². The molecule has 1 N–H and O–H groups in total. The summed E-state index contributed by atoms with van der Waals surface area (Å²) in [5.41, 5.74) is 1.40. The summed E-state index contributed by atoms with van der Waals surface area (Å²) in [7, 11) is 2.01. The summed E-state index contributed by atoms with van der Waals surface area (Å²) in [6, 6.07) is 10.7. The average molecular weight is 344 g/mol. The van der Waals surface area contributed by atoms with Crippen LogP contribution in [0.1, 0.15) is 37.7 Å². The summed E-state index contributed by atoms with van der Waals surface area (Å²) in [5, 5.41) is 9.95. The normalized spacial score (nSPS) is 24.8. The number of carbonyl (C=O) groups excluding carboxylic acids is 1. The minimum atomic E-state index is -0.175. The number of aliphatic hydroxyl groups is 1. The molecule has 25 heavy (non-hydrogen) atoms. The van der Waals surface area contributed by atoms with Gasteiger partial charge in [0.15, 0.2) is 0 Å². The fourth-order valence-corrected chi connectivity index (χ4v) is 4.36. The summed E-state index contributed by atoms with van der Waals surface area (Å²) in [6.45, 7) is 3.08. The molecule has 3 rings (SSSR count). The lowest BCUT2D eigenvalue weighted by Crippen LogP contribution is -2.44. The zero-order valence-electron chi connectivity index (χ0n) is 15.4. The molecule has 1 heterocycles. The van der Waals surface area contributed by atoms with Crippen molar-refractivity contribution in [3.8, 4) is 0 Å². The molecule has 0 aromatic heterocycles. The van der Waals surface area contributed by atoms with Crippen LogP contribution in [0.4, 0.5) is 0 Å². The number of aliphatic hydroxyl groups excluding tert-OH is 1. The van der Waals surface area contributed by atoms with Gasteiger partial charge in [0.1, 0.15) is 0 Å². The maximum Gasteiger partial charge on any atom is 0.236 e. The number of nitrogens with zero attached hydrogens (tertiary/aromatic N) is 2. The molecule has 1 aliphatic heterocycles. The highest BCUT2D eigenvalue weighted by Crippen LogP contribution is 2.26. The molecule has 1 aromatic rings.